The van der Waals surface area contributed by atoms with Crippen LogP contribution in [0.5, 0.6) is 40.2 Å². The highest BCUT2D eigenvalue weighted by molar-refractivity contribution is 7.99. The van der Waals surface area contributed by atoms with Crippen LogP contribution in [0, 0.1) is 58.2 Å². The van der Waals surface area contributed by atoms with Crippen molar-refractivity contribution in [2.75, 3.05) is 21.3 Å². The van der Waals surface area contributed by atoms with E-state index in [4.69, 9.17) is 44.5 Å². The van der Waals surface area contributed by atoms with Gasteiger partial charge in [0.2, 0.25) is 0 Å². The molecule has 0 fully saturated rings. The van der Waals surface area contributed by atoms with Crippen molar-refractivity contribution in [1.29, 1.82) is 0 Å². The molecule has 0 radical (unpaired) electrons. The molecule has 0 saturated heterocycles. The summed E-state index contributed by atoms with van der Waals surface area (Å²) >= 11 is 7.59. The lowest BCUT2D eigenvalue weighted by molar-refractivity contribution is 0.103. The Morgan fingerprint density at radius 3 is 1.52 bits per heavy atom. The van der Waals surface area contributed by atoms with Gasteiger partial charge in [-0.2, -0.15) is 0 Å². The molecule has 0 spiro atoms. The summed E-state index contributed by atoms with van der Waals surface area (Å²) in [6, 6.07) is 31.0. The van der Waals surface area contributed by atoms with Gasteiger partial charge in [0.1, 0.15) is 35.5 Å². The second-order valence-electron chi connectivity index (χ2n) is 17.1. The molecule has 0 atom stereocenters. The fourth-order valence-corrected chi connectivity index (χ4v) is 10.1. The van der Waals surface area contributed by atoms with Gasteiger partial charge in [-0.1, -0.05) is 77.6 Å². The van der Waals surface area contributed by atoms with E-state index < -0.39 is 128 Å². The molecule has 412 valence electrons. The summed E-state index contributed by atoms with van der Waals surface area (Å²) in [5.41, 5.74) is -0.0153. The Hall–Kier alpha value is -8.40. The second kappa shape index (κ2) is 25.0. The maximum Gasteiger partial charge on any atom is 0.864 e. The summed E-state index contributed by atoms with van der Waals surface area (Å²) < 4.78 is 195. The number of methoxy groups -OCH3 is 3. The lowest BCUT2D eigenvalue weighted by Gasteiger charge is -2.24. The number of carbonyl (C=O) groups excluding carboxylic acids is 1. The first-order valence-electron chi connectivity index (χ1n) is 23.6. The Morgan fingerprint density at radius 2 is 0.988 bits per heavy atom. The van der Waals surface area contributed by atoms with Crippen molar-refractivity contribution in [3.8, 4) is 62.5 Å². The van der Waals surface area contributed by atoms with Gasteiger partial charge in [-0.3, -0.25) is 4.79 Å². The van der Waals surface area contributed by atoms with Crippen molar-refractivity contribution in [3.63, 3.8) is 0 Å². The number of carbonyl (C=O) groups is 1. The molecule has 0 N–H and O–H groups in total. The third-order valence-electron chi connectivity index (χ3n) is 11.8. The van der Waals surface area contributed by atoms with Crippen molar-refractivity contribution in [1.82, 2.24) is 0 Å². The molecule has 9 aromatic rings. The molecular weight excluding hydrogens is 1140 g/mol. The number of ether oxygens (including phenoxy) is 4. The lowest BCUT2D eigenvalue weighted by Crippen LogP contribution is -2.37. The van der Waals surface area contributed by atoms with Gasteiger partial charge in [-0.05, 0) is 107 Å². The van der Waals surface area contributed by atoms with Crippen LogP contribution in [0.4, 0.5) is 43.9 Å². The maximum absolute atomic E-state index is 18.1. The zero-order valence-corrected chi connectivity index (χ0v) is 44.3. The van der Waals surface area contributed by atoms with Crippen LogP contribution in [0.15, 0.2) is 171 Å². The summed E-state index contributed by atoms with van der Waals surface area (Å²) in [6.07, 6.45) is 0. The molecule has 22 heteroatoms. The van der Waals surface area contributed by atoms with Gasteiger partial charge in [-0.25, -0.2) is 43.9 Å². The molecule has 0 aliphatic carbocycles. The van der Waals surface area contributed by atoms with Crippen LogP contribution in [0.3, 0.4) is 0 Å². The van der Waals surface area contributed by atoms with Gasteiger partial charge >= 0.3 is 7.32 Å². The smallest absolute Gasteiger partial charge is 0.491 e. The van der Waals surface area contributed by atoms with Gasteiger partial charge < -0.3 is 32.9 Å². The van der Waals surface area contributed by atoms with Crippen molar-refractivity contribution >= 4 is 48.2 Å². The molecule has 0 aliphatic rings. The van der Waals surface area contributed by atoms with Crippen molar-refractivity contribution in [3.05, 3.63) is 232 Å². The Balaban J connectivity index is 1.21. The Kier molecular flexibility index (Phi) is 17.7. The lowest BCUT2D eigenvalue weighted by atomic mass is 9.92. The minimum atomic E-state index is -2.58. The van der Waals surface area contributed by atoms with Crippen LogP contribution in [0.1, 0.15) is 21.5 Å². The minimum Gasteiger partial charge on any atom is -0.491 e. The van der Waals surface area contributed by atoms with E-state index in [-0.39, 0.29) is 39.8 Å². The van der Waals surface area contributed by atoms with Crippen LogP contribution < -0.4 is 32.9 Å². The van der Waals surface area contributed by atoms with Gasteiger partial charge in [-0.15, -0.1) is 0 Å². The predicted octanol–water partition coefficient (Wildman–Crippen LogP) is 16.7. The van der Waals surface area contributed by atoms with Crippen LogP contribution in [0.2, 0.25) is 5.02 Å². The molecular formula is C59H36BClF10O8S2. The van der Waals surface area contributed by atoms with E-state index in [1.54, 1.807) is 72.8 Å². The van der Waals surface area contributed by atoms with Gasteiger partial charge in [0.25, 0.3) is 0 Å². The molecule has 9 aromatic carbocycles. The van der Waals surface area contributed by atoms with Gasteiger partial charge in [0, 0.05) is 55.1 Å². The van der Waals surface area contributed by atoms with Gasteiger partial charge in [0.15, 0.2) is 75.3 Å². The summed E-state index contributed by atoms with van der Waals surface area (Å²) in [6.45, 7) is -0.627. The fraction of sp³-hybridized carbons (Fsp3) is 0.0678. The first-order chi connectivity index (χ1) is 38.9. The number of benzene rings is 9. The van der Waals surface area contributed by atoms with E-state index in [0.29, 0.717) is 50.2 Å². The monoisotopic (exact) mass is 1170 g/mol. The number of hydrogen-bond donors (Lipinski definition) is 0. The van der Waals surface area contributed by atoms with Crippen LogP contribution in [0.25, 0.3) is 22.3 Å². The second-order valence-corrected chi connectivity index (χ2v) is 19.8. The molecule has 0 heterocycles. The third kappa shape index (κ3) is 13.0. The molecule has 0 bridgehead atoms. The molecule has 0 saturated carbocycles. The average Bonchev–Trinajstić information content (AvgIpc) is 3.58. The van der Waals surface area contributed by atoms with E-state index >= 15 is 39.5 Å². The summed E-state index contributed by atoms with van der Waals surface area (Å²) in [4.78, 5) is 13.2. The van der Waals surface area contributed by atoms with E-state index in [2.05, 4.69) is 0 Å². The molecule has 0 unspecified atom stereocenters. The van der Waals surface area contributed by atoms with E-state index in [1.165, 1.54) is 23.9 Å². The quantitative estimate of drug-likeness (QED) is 0.0418. The Morgan fingerprint density at radius 1 is 0.469 bits per heavy atom. The summed E-state index contributed by atoms with van der Waals surface area (Å²) in [7, 11) is 0.334. The highest BCUT2D eigenvalue weighted by Gasteiger charge is 2.39. The molecule has 0 aromatic heterocycles. The first kappa shape index (κ1) is 57.3. The normalized spacial score (nSPS) is 11.0. The number of rotatable bonds is 20. The largest absolute Gasteiger partial charge is 0.864 e. The standard InChI is InChI=1S/C59H36BClF10O8S2/c1-73-54-44(64)23-37(24-45(54)65)77-60(78-38-25-46(66)55(74-2)47(67)26-38)79-57-50(51(70)58(76-29-30-7-13-35(62)14-8-30)52(71)59(57)81-41-27-48(68)56(75-3)49(69)28-41)42-20-15-36(63)22-43(42)31-9-16-39(17-10-31)80-40-18-11-32(12-19-40)53(72)33-5-4-6-34(61)21-33/h4-28H,29H2,1-3H3. The maximum atomic E-state index is 18.1. The van der Waals surface area contributed by atoms with Crippen LogP contribution in [-0.4, -0.2) is 34.4 Å². The zero-order valence-electron chi connectivity index (χ0n) is 42.0. The molecule has 0 amide bonds. The Labute approximate surface area is 469 Å². The van der Waals surface area contributed by atoms with E-state index in [1.807, 2.05) is 0 Å². The third-order valence-corrected chi connectivity index (χ3v) is 14.1. The Bertz CT molecular complexity index is 3700. The predicted molar refractivity (Wildman–Crippen MR) is 284 cm³/mol. The van der Waals surface area contributed by atoms with Crippen LogP contribution >= 0.6 is 35.1 Å². The van der Waals surface area contributed by atoms with Gasteiger partial charge in [0.05, 0.1) is 31.8 Å². The first-order valence-corrected chi connectivity index (χ1v) is 25.6. The highest BCUT2D eigenvalue weighted by Crippen LogP contribution is 2.52. The van der Waals surface area contributed by atoms with E-state index in [9.17, 15) is 9.18 Å². The molecule has 81 heavy (non-hydrogen) atoms. The zero-order chi connectivity index (χ0) is 57.6. The highest BCUT2D eigenvalue weighted by atomic mass is 35.5. The fourth-order valence-electron chi connectivity index (χ4n) is 8.11. The average molecular weight is 1170 g/mol. The van der Waals surface area contributed by atoms with Crippen LogP contribution in [-0.2, 0) is 6.61 Å². The molecule has 8 nitrogen and oxygen atoms in total. The van der Waals surface area contributed by atoms with Crippen molar-refractivity contribution in [2.45, 2.75) is 26.2 Å². The number of halogens is 11. The summed E-state index contributed by atoms with van der Waals surface area (Å²) in [5.74, 6) is -19.1. The number of ketones is 1. The minimum absolute atomic E-state index is 0.107. The molecule has 0 aliphatic heterocycles. The molecule has 9 rings (SSSR count). The van der Waals surface area contributed by atoms with Crippen molar-refractivity contribution in [2.24, 2.45) is 0 Å². The SMILES string of the molecule is COc1c(F)cc(OB(Oc2cc(F)c(OC)c(F)c2)Oc2c(Sc3cc(F)c(OC)c(F)c3)c(F)c(OCc3ccc(F)cc3)c(F)c2-c2ccc(F)cc2-c2ccc(Sc3ccc(C(=O)c4cccc(Cl)c4)cc3)cc2)cc1F. The number of hydrogen-bond acceptors (Lipinski definition) is 10. The van der Waals surface area contributed by atoms with Crippen molar-refractivity contribution < 1.29 is 81.6 Å². The van der Waals surface area contributed by atoms with E-state index in [0.717, 1.165) is 63.8 Å². The topological polar surface area (TPSA) is 81.7 Å². The summed E-state index contributed by atoms with van der Waals surface area (Å²) in [5, 5.41) is 0.398.